The van der Waals surface area contributed by atoms with Crippen LogP contribution >= 0.6 is 0 Å². The molecule has 2 N–H and O–H groups in total. The Morgan fingerprint density at radius 1 is 0.850 bits per heavy atom. The monoisotopic (exact) mass is 270 g/mol. The van der Waals surface area contributed by atoms with Crippen LogP contribution in [-0.4, -0.2) is 15.8 Å². The van der Waals surface area contributed by atoms with E-state index in [0.717, 1.165) is 42.0 Å². The van der Waals surface area contributed by atoms with Gasteiger partial charge in [-0.1, -0.05) is 62.1 Å². The number of rotatable bonds is 2. The molecule has 1 unspecified atom stereocenters. The first kappa shape index (κ1) is 13.6. The van der Waals surface area contributed by atoms with Crippen molar-refractivity contribution in [1.82, 2.24) is 0 Å². The van der Waals surface area contributed by atoms with Crippen molar-refractivity contribution in [3.63, 3.8) is 0 Å². The van der Waals surface area contributed by atoms with E-state index in [1.807, 2.05) is 36.4 Å². The van der Waals surface area contributed by atoms with Crippen LogP contribution in [0.3, 0.4) is 0 Å². The summed E-state index contributed by atoms with van der Waals surface area (Å²) in [4.78, 5) is 0. The zero-order chi connectivity index (χ0) is 14.0. The molecule has 106 valence electrons. The Morgan fingerprint density at radius 3 is 2.20 bits per heavy atom. The van der Waals surface area contributed by atoms with Gasteiger partial charge in [-0.05, 0) is 35.2 Å². The number of aliphatic hydroxyl groups is 2. The van der Waals surface area contributed by atoms with Crippen molar-refractivity contribution in [3.8, 4) is 0 Å². The first-order chi connectivity index (χ1) is 9.69. The van der Waals surface area contributed by atoms with Gasteiger partial charge in [0.05, 0.1) is 5.60 Å². The summed E-state index contributed by atoms with van der Waals surface area (Å²) in [6.45, 7) is 0. The predicted molar refractivity (Wildman–Crippen MR) is 81.6 cm³/mol. The Labute approximate surface area is 120 Å². The predicted octanol–water partition coefficient (Wildman–Crippen LogP) is 3.96. The molecule has 0 radical (unpaired) electrons. The Hall–Kier alpha value is -1.38. The fourth-order valence-electron chi connectivity index (χ4n) is 3.30. The van der Waals surface area contributed by atoms with Crippen molar-refractivity contribution in [2.45, 2.75) is 50.2 Å². The molecule has 1 fully saturated rings. The molecule has 2 nitrogen and oxygen atoms in total. The first-order valence-corrected chi connectivity index (χ1v) is 7.58. The van der Waals surface area contributed by atoms with Gasteiger partial charge in [-0.25, -0.2) is 0 Å². The summed E-state index contributed by atoms with van der Waals surface area (Å²) in [5, 5.41) is 23.7. The Morgan fingerprint density at radius 2 is 1.50 bits per heavy atom. The average molecular weight is 270 g/mol. The summed E-state index contributed by atoms with van der Waals surface area (Å²) in [6.07, 6.45) is 4.93. The summed E-state index contributed by atoms with van der Waals surface area (Å²) >= 11 is 0. The highest BCUT2D eigenvalue weighted by atomic mass is 16.3. The topological polar surface area (TPSA) is 40.5 Å². The Balaban J connectivity index is 1.92. The third-order valence-electron chi connectivity index (χ3n) is 4.57. The smallest absolute Gasteiger partial charge is 0.108 e. The second-order valence-corrected chi connectivity index (χ2v) is 6.03. The Kier molecular flexibility index (Phi) is 3.77. The highest BCUT2D eigenvalue weighted by Crippen LogP contribution is 2.38. The van der Waals surface area contributed by atoms with Gasteiger partial charge in [-0.3, -0.25) is 0 Å². The van der Waals surface area contributed by atoms with Gasteiger partial charge < -0.3 is 10.2 Å². The van der Waals surface area contributed by atoms with E-state index in [-0.39, 0.29) is 0 Å². The third kappa shape index (κ3) is 2.58. The molecule has 0 aromatic heterocycles. The zero-order valence-electron chi connectivity index (χ0n) is 11.8. The van der Waals surface area contributed by atoms with Crippen LogP contribution in [0.5, 0.6) is 0 Å². The highest BCUT2D eigenvalue weighted by Gasteiger charge is 2.36. The van der Waals surface area contributed by atoms with Gasteiger partial charge in [-0.2, -0.15) is 0 Å². The summed E-state index contributed by atoms with van der Waals surface area (Å²) in [5.41, 5.74) is -0.132. The minimum atomic E-state index is -0.959. The molecule has 1 saturated carbocycles. The van der Waals surface area contributed by atoms with Crippen molar-refractivity contribution in [3.05, 3.63) is 48.0 Å². The minimum absolute atomic E-state index is 0.695. The number of fused-ring (bicyclic) bond motifs is 1. The molecule has 0 bridgehead atoms. The SMILES string of the molecule is OC(c1ccc2ccccc2c1)C1(O)CCCCCC1. The maximum absolute atomic E-state index is 10.8. The largest absolute Gasteiger partial charge is 0.387 e. The maximum atomic E-state index is 10.8. The fraction of sp³-hybridized carbons (Fsp3) is 0.444. The molecule has 0 aliphatic heterocycles. The van der Waals surface area contributed by atoms with Crippen molar-refractivity contribution < 1.29 is 10.2 Å². The summed E-state index contributed by atoms with van der Waals surface area (Å²) in [7, 11) is 0. The molecule has 20 heavy (non-hydrogen) atoms. The van der Waals surface area contributed by atoms with E-state index in [2.05, 4.69) is 6.07 Å². The van der Waals surface area contributed by atoms with Gasteiger partial charge in [0.2, 0.25) is 0 Å². The molecular weight excluding hydrogens is 248 g/mol. The molecule has 1 aliphatic rings. The quantitative estimate of drug-likeness (QED) is 0.811. The molecule has 2 aromatic rings. The molecule has 1 aliphatic carbocycles. The molecule has 0 saturated heterocycles. The van der Waals surface area contributed by atoms with Crippen molar-refractivity contribution in [1.29, 1.82) is 0 Å². The molecule has 3 rings (SSSR count). The lowest BCUT2D eigenvalue weighted by molar-refractivity contribution is -0.0866. The standard InChI is InChI=1S/C18H22O2/c19-17(18(20)11-5-1-2-6-12-18)16-10-9-14-7-3-4-8-15(14)13-16/h3-4,7-10,13,17,19-20H,1-2,5-6,11-12H2. The normalized spacial score (nSPS) is 20.5. The van der Waals surface area contributed by atoms with Crippen LogP contribution in [0.1, 0.15) is 50.2 Å². The number of benzene rings is 2. The molecule has 0 spiro atoms. The van der Waals surface area contributed by atoms with E-state index in [4.69, 9.17) is 0 Å². The molecule has 0 heterocycles. The zero-order valence-corrected chi connectivity index (χ0v) is 11.8. The highest BCUT2D eigenvalue weighted by molar-refractivity contribution is 5.83. The second-order valence-electron chi connectivity index (χ2n) is 6.03. The van der Waals surface area contributed by atoms with Crippen molar-refractivity contribution in [2.75, 3.05) is 0 Å². The van der Waals surface area contributed by atoms with Crippen LogP contribution in [0.4, 0.5) is 0 Å². The third-order valence-corrected chi connectivity index (χ3v) is 4.57. The number of aliphatic hydroxyl groups excluding tert-OH is 1. The minimum Gasteiger partial charge on any atom is -0.387 e. The van der Waals surface area contributed by atoms with E-state index in [1.165, 1.54) is 0 Å². The molecular formula is C18H22O2. The van der Waals surface area contributed by atoms with Gasteiger partial charge in [0.1, 0.15) is 6.10 Å². The fourth-order valence-corrected chi connectivity index (χ4v) is 3.30. The molecule has 2 aromatic carbocycles. The van der Waals surface area contributed by atoms with Crippen LogP contribution < -0.4 is 0 Å². The van der Waals surface area contributed by atoms with Gasteiger partial charge in [0, 0.05) is 0 Å². The van der Waals surface area contributed by atoms with Crippen molar-refractivity contribution >= 4 is 10.8 Å². The van der Waals surface area contributed by atoms with E-state index < -0.39 is 11.7 Å². The van der Waals surface area contributed by atoms with Crippen LogP contribution in [0.25, 0.3) is 10.8 Å². The van der Waals surface area contributed by atoms with E-state index in [9.17, 15) is 10.2 Å². The van der Waals surface area contributed by atoms with E-state index in [0.29, 0.717) is 12.8 Å². The second kappa shape index (κ2) is 5.55. The van der Waals surface area contributed by atoms with Crippen LogP contribution in [0, 0.1) is 0 Å². The van der Waals surface area contributed by atoms with E-state index in [1.54, 1.807) is 0 Å². The molecule has 0 amide bonds. The van der Waals surface area contributed by atoms with Gasteiger partial charge in [0.15, 0.2) is 0 Å². The van der Waals surface area contributed by atoms with Crippen molar-refractivity contribution in [2.24, 2.45) is 0 Å². The lowest BCUT2D eigenvalue weighted by Crippen LogP contribution is -2.35. The van der Waals surface area contributed by atoms with Crippen LogP contribution in [0.2, 0.25) is 0 Å². The average Bonchev–Trinajstić information content (AvgIpc) is 2.72. The first-order valence-electron chi connectivity index (χ1n) is 7.58. The van der Waals surface area contributed by atoms with Gasteiger partial charge in [0.25, 0.3) is 0 Å². The lowest BCUT2D eigenvalue weighted by atomic mass is 9.84. The summed E-state index contributed by atoms with van der Waals surface area (Å²) < 4.78 is 0. The maximum Gasteiger partial charge on any atom is 0.108 e. The number of hydrogen-bond acceptors (Lipinski definition) is 2. The van der Waals surface area contributed by atoms with Crippen LogP contribution in [0.15, 0.2) is 42.5 Å². The summed E-state index contributed by atoms with van der Waals surface area (Å²) in [6, 6.07) is 14.1. The van der Waals surface area contributed by atoms with E-state index >= 15 is 0 Å². The van der Waals surface area contributed by atoms with Gasteiger partial charge in [-0.15, -0.1) is 0 Å². The molecule has 1 atom stereocenters. The van der Waals surface area contributed by atoms with Gasteiger partial charge >= 0.3 is 0 Å². The Bertz CT molecular complexity index is 583. The van der Waals surface area contributed by atoms with Crippen LogP contribution in [-0.2, 0) is 0 Å². The molecule has 2 heteroatoms. The number of hydrogen-bond donors (Lipinski definition) is 2. The summed E-state index contributed by atoms with van der Waals surface area (Å²) in [5.74, 6) is 0. The lowest BCUT2D eigenvalue weighted by Gasteiger charge is -2.32.